The van der Waals surface area contributed by atoms with Crippen LogP contribution < -0.4 is 14.8 Å². The van der Waals surface area contributed by atoms with Crippen molar-refractivity contribution in [2.75, 3.05) is 25.4 Å². The van der Waals surface area contributed by atoms with E-state index < -0.39 is 11.6 Å². The summed E-state index contributed by atoms with van der Waals surface area (Å²) in [6.07, 6.45) is 3.98. The Kier molecular flexibility index (Phi) is 5.37. The lowest BCUT2D eigenvalue weighted by Crippen LogP contribution is -2.24. The largest absolute Gasteiger partial charge is 0.454 e. The first kappa shape index (κ1) is 18.1. The van der Waals surface area contributed by atoms with Crippen molar-refractivity contribution in [3.8, 4) is 11.5 Å². The standard InChI is InChI=1S/C19H19F2N3OS/c1-22-15-7-12(10-24(2)11-15)16-9-14(23-26)4-6-18(16)25-19-5-3-13(20)8-17(19)21/h3-10,22-23,26H,11H2,1-2H3. The molecule has 0 saturated carbocycles. The van der Waals surface area contributed by atoms with Crippen molar-refractivity contribution >= 4 is 24.1 Å². The second kappa shape index (κ2) is 7.70. The van der Waals surface area contributed by atoms with Crippen molar-refractivity contribution < 1.29 is 13.5 Å². The van der Waals surface area contributed by atoms with E-state index in [9.17, 15) is 8.78 Å². The van der Waals surface area contributed by atoms with E-state index in [4.69, 9.17) is 4.74 Å². The molecule has 0 amide bonds. The first-order chi connectivity index (χ1) is 12.5. The maximum absolute atomic E-state index is 14.0. The summed E-state index contributed by atoms with van der Waals surface area (Å²) in [6, 6.07) is 8.58. The third kappa shape index (κ3) is 3.94. The summed E-state index contributed by atoms with van der Waals surface area (Å²) >= 11 is 4.09. The van der Waals surface area contributed by atoms with Gasteiger partial charge in [-0.25, -0.2) is 8.78 Å². The smallest absolute Gasteiger partial charge is 0.168 e. The minimum Gasteiger partial charge on any atom is -0.454 e. The molecule has 3 rings (SSSR count). The Labute approximate surface area is 156 Å². The maximum atomic E-state index is 14.0. The van der Waals surface area contributed by atoms with Crippen molar-refractivity contribution in [1.82, 2.24) is 10.2 Å². The first-order valence-electron chi connectivity index (χ1n) is 7.98. The highest BCUT2D eigenvalue weighted by molar-refractivity contribution is 7.81. The molecule has 0 aromatic heterocycles. The van der Waals surface area contributed by atoms with E-state index in [1.807, 2.05) is 37.3 Å². The number of likely N-dealkylation sites (N-methyl/N-ethyl adjacent to an activating group) is 2. The molecule has 0 bridgehead atoms. The SMILES string of the molecule is CNC1=CC(c2cc(NS)ccc2Oc2ccc(F)cc2F)=CN(C)C1. The van der Waals surface area contributed by atoms with Gasteiger partial charge in [0, 0.05) is 48.9 Å². The Morgan fingerprint density at radius 2 is 1.88 bits per heavy atom. The minimum absolute atomic E-state index is 0.0400. The number of rotatable bonds is 5. The summed E-state index contributed by atoms with van der Waals surface area (Å²) in [4.78, 5) is 2.03. The van der Waals surface area contributed by atoms with Gasteiger partial charge in [0.1, 0.15) is 11.6 Å². The average molecular weight is 375 g/mol. The highest BCUT2D eigenvalue weighted by Gasteiger charge is 2.16. The minimum atomic E-state index is -0.756. The molecular weight excluding hydrogens is 356 g/mol. The predicted molar refractivity (Wildman–Crippen MR) is 103 cm³/mol. The van der Waals surface area contributed by atoms with E-state index in [1.54, 1.807) is 12.1 Å². The second-order valence-corrected chi connectivity index (χ2v) is 6.14. The number of halogens is 2. The molecule has 0 aliphatic carbocycles. The Bertz CT molecular complexity index is 883. The van der Waals surface area contributed by atoms with Crippen LogP contribution in [-0.2, 0) is 0 Å². The fourth-order valence-corrected chi connectivity index (χ4v) is 2.85. The number of thiol groups is 1. The van der Waals surface area contributed by atoms with Gasteiger partial charge in [-0.2, -0.15) is 0 Å². The maximum Gasteiger partial charge on any atom is 0.168 e. The second-order valence-electron chi connectivity index (χ2n) is 5.92. The van der Waals surface area contributed by atoms with Crippen LogP contribution in [0.2, 0.25) is 0 Å². The fourth-order valence-electron chi connectivity index (χ4n) is 2.71. The number of benzene rings is 2. The van der Waals surface area contributed by atoms with E-state index in [1.165, 1.54) is 6.07 Å². The molecule has 2 aromatic rings. The number of allylic oxidation sites excluding steroid dienone is 2. The van der Waals surface area contributed by atoms with Gasteiger partial charge in [0.15, 0.2) is 11.6 Å². The zero-order valence-electron chi connectivity index (χ0n) is 14.4. The molecule has 4 nitrogen and oxygen atoms in total. The summed E-state index contributed by atoms with van der Waals surface area (Å²) in [5.41, 5.74) is 3.45. The van der Waals surface area contributed by atoms with Crippen molar-refractivity contribution in [3.63, 3.8) is 0 Å². The van der Waals surface area contributed by atoms with Gasteiger partial charge >= 0.3 is 0 Å². The molecule has 7 heteroatoms. The third-order valence-corrected chi connectivity index (χ3v) is 4.22. The molecular formula is C19H19F2N3OS. The van der Waals surface area contributed by atoms with E-state index in [-0.39, 0.29) is 5.75 Å². The lowest BCUT2D eigenvalue weighted by Gasteiger charge is -2.24. The normalized spacial score (nSPS) is 13.8. The van der Waals surface area contributed by atoms with Crippen molar-refractivity contribution in [3.05, 3.63) is 71.6 Å². The van der Waals surface area contributed by atoms with Crippen LogP contribution in [0.25, 0.3) is 5.57 Å². The number of anilines is 1. The molecule has 0 unspecified atom stereocenters. The van der Waals surface area contributed by atoms with Gasteiger partial charge in [0.05, 0.1) is 6.54 Å². The van der Waals surface area contributed by atoms with Crippen LogP contribution in [0.1, 0.15) is 5.56 Å². The van der Waals surface area contributed by atoms with Crippen LogP contribution in [0, 0.1) is 11.6 Å². The first-order valence-corrected chi connectivity index (χ1v) is 8.42. The van der Waals surface area contributed by atoms with Crippen LogP contribution in [0.15, 0.2) is 54.4 Å². The van der Waals surface area contributed by atoms with Gasteiger partial charge < -0.3 is 19.7 Å². The van der Waals surface area contributed by atoms with Crippen LogP contribution in [0.3, 0.4) is 0 Å². The van der Waals surface area contributed by atoms with Crippen molar-refractivity contribution in [2.45, 2.75) is 0 Å². The highest BCUT2D eigenvalue weighted by Crippen LogP contribution is 2.36. The molecule has 2 aromatic carbocycles. The van der Waals surface area contributed by atoms with Crippen molar-refractivity contribution in [1.29, 1.82) is 0 Å². The molecule has 136 valence electrons. The molecule has 0 radical (unpaired) electrons. The number of ether oxygens (including phenoxy) is 1. The molecule has 26 heavy (non-hydrogen) atoms. The van der Waals surface area contributed by atoms with Crippen LogP contribution >= 0.6 is 12.8 Å². The van der Waals surface area contributed by atoms with E-state index >= 15 is 0 Å². The number of nitrogens with zero attached hydrogens (tertiary/aromatic N) is 1. The van der Waals surface area contributed by atoms with E-state index in [0.29, 0.717) is 5.75 Å². The van der Waals surface area contributed by atoms with Gasteiger partial charge in [-0.1, -0.05) is 12.8 Å². The number of hydrogen-bond acceptors (Lipinski definition) is 5. The third-order valence-electron chi connectivity index (χ3n) is 3.96. The average Bonchev–Trinajstić information content (AvgIpc) is 2.63. The van der Waals surface area contributed by atoms with Gasteiger partial charge in [-0.3, -0.25) is 0 Å². The van der Waals surface area contributed by atoms with E-state index in [2.05, 4.69) is 22.9 Å². The summed E-state index contributed by atoms with van der Waals surface area (Å²) < 4.78 is 35.7. The summed E-state index contributed by atoms with van der Waals surface area (Å²) in [5, 5.41) is 3.15. The zero-order valence-corrected chi connectivity index (χ0v) is 15.3. The Hall–Kier alpha value is -2.67. The summed E-state index contributed by atoms with van der Waals surface area (Å²) in [5.74, 6) is -0.991. The molecule has 0 saturated heterocycles. The lowest BCUT2D eigenvalue weighted by molar-refractivity contribution is 0.436. The fraction of sp³-hybridized carbons (Fsp3) is 0.158. The van der Waals surface area contributed by atoms with Gasteiger partial charge in [0.25, 0.3) is 0 Å². The Morgan fingerprint density at radius 1 is 1.12 bits per heavy atom. The topological polar surface area (TPSA) is 36.5 Å². The zero-order chi connectivity index (χ0) is 18.7. The molecule has 2 N–H and O–H groups in total. The molecule has 1 aliphatic rings. The molecule has 0 atom stereocenters. The molecule has 0 spiro atoms. The summed E-state index contributed by atoms with van der Waals surface area (Å²) in [7, 11) is 3.82. The number of nitrogens with one attached hydrogen (secondary N) is 2. The monoisotopic (exact) mass is 375 g/mol. The quantitative estimate of drug-likeness (QED) is 0.677. The number of hydrogen-bond donors (Lipinski definition) is 3. The molecule has 1 aliphatic heterocycles. The van der Waals surface area contributed by atoms with Gasteiger partial charge in [0.2, 0.25) is 0 Å². The van der Waals surface area contributed by atoms with Crippen molar-refractivity contribution in [2.24, 2.45) is 0 Å². The Balaban J connectivity index is 2.05. The molecule has 0 fully saturated rings. The summed E-state index contributed by atoms with van der Waals surface area (Å²) in [6.45, 7) is 0.757. The van der Waals surface area contributed by atoms with Crippen LogP contribution in [-0.4, -0.2) is 25.5 Å². The molecule has 1 heterocycles. The Morgan fingerprint density at radius 3 is 2.58 bits per heavy atom. The van der Waals surface area contributed by atoms with Crippen LogP contribution in [0.5, 0.6) is 11.5 Å². The van der Waals surface area contributed by atoms with Crippen LogP contribution in [0.4, 0.5) is 14.5 Å². The van der Waals surface area contributed by atoms with Gasteiger partial charge in [-0.15, -0.1) is 0 Å². The van der Waals surface area contributed by atoms with Gasteiger partial charge in [-0.05, 0) is 36.4 Å². The van der Waals surface area contributed by atoms with E-state index in [0.717, 1.165) is 41.2 Å². The highest BCUT2D eigenvalue weighted by atomic mass is 32.1. The predicted octanol–water partition coefficient (Wildman–Crippen LogP) is 4.40. The lowest BCUT2D eigenvalue weighted by atomic mass is 10.0.